The molecule has 1 aromatic carbocycles. The van der Waals surface area contributed by atoms with Gasteiger partial charge in [-0.25, -0.2) is 4.39 Å². The van der Waals surface area contributed by atoms with Crippen molar-refractivity contribution in [3.63, 3.8) is 0 Å². The zero-order valence-electron chi connectivity index (χ0n) is 11.2. The third-order valence-electron chi connectivity index (χ3n) is 3.06. The standard InChI is InChI=1S/C14H19FN2O2.ClH/c15-12-3-1-2-11(8-12)4-5-17-14(18)9-13-10-19-7-6-16-13;/h1-3,8,13,16H,4-7,9-10H2,(H,17,18);1H. The van der Waals surface area contributed by atoms with Crippen molar-refractivity contribution in [3.8, 4) is 0 Å². The molecule has 1 saturated heterocycles. The normalized spacial score (nSPS) is 18.1. The van der Waals surface area contributed by atoms with Crippen molar-refractivity contribution in [1.82, 2.24) is 10.6 Å². The van der Waals surface area contributed by atoms with Crippen molar-refractivity contribution < 1.29 is 13.9 Å². The number of rotatable bonds is 5. The maximum atomic E-state index is 13.0. The molecule has 2 N–H and O–H groups in total. The molecule has 1 heterocycles. The molecular formula is C14H20ClFN2O2. The molecule has 1 unspecified atom stereocenters. The van der Waals surface area contributed by atoms with E-state index in [-0.39, 0.29) is 30.2 Å². The summed E-state index contributed by atoms with van der Waals surface area (Å²) in [5, 5.41) is 6.07. The van der Waals surface area contributed by atoms with E-state index in [9.17, 15) is 9.18 Å². The molecule has 112 valence electrons. The van der Waals surface area contributed by atoms with Crippen molar-refractivity contribution in [2.75, 3.05) is 26.3 Å². The first-order valence-electron chi connectivity index (χ1n) is 6.56. The molecule has 1 fully saturated rings. The molecule has 1 amide bonds. The molecule has 0 aliphatic carbocycles. The molecule has 2 rings (SSSR count). The Morgan fingerprint density at radius 2 is 2.35 bits per heavy atom. The van der Waals surface area contributed by atoms with Gasteiger partial charge in [0.15, 0.2) is 0 Å². The van der Waals surface area contributed by atoms with Crippen molar-refractivity contribution in [2.45, 2.75) is 18.9 Å². The number of benzene rings is 1. The van der Waals surface area contributed by atoms with Gasteiger partial charge in [-0.2, -0.15) is 0 Å². The van der Waals surface area contributed by atoms with Crippen LogP contribution in [0.1, 0.15) is 12.0 Å². The number of carbonyl (C=O) groups excluding carboxylic acids is 1. The second-order valence-corrected chi connectivity index (χ2v) is 4.66. The average Bonchev–Trinajstić information content (AvgIpc) is 2.40. The molecule has 0 radical (unpaired) electrons. The van der Waals surface area contributed by atoms with Gasteiger partial charge in [-0.05, 0) is 24.1 Å². The van der Waals surface area contributed by atoms with E-state index in [4.69, 9.17) is 4.74 Å². The Labute approximate surface area is 124 Å². The average molecular weight is 303 g/mol. The minimum Gasteiger partial charge on any atom is -0.378 e. The Bertz CT molecular complexity index is 425. The Morgan fingerprint density at radius 3 is 3.05 bits per heavy atom. The van der Waals surface area contributed by atoms with Crippen LogP contribution in [0.25, 0.3) is 0 Å². The Hall–Kier alpha value is -1.17. The number of carbonyl (C=O) groups is 1. The lowest BCUT2D eigenvalue weighted by molar-refractivity contribution is -0.122. The number of hydrogen-bond donors (Lipinski definition) is 2. The van der Waals surface area contributed by atoms with Gasteiger partial charge in [0.1, 0.15) is 5.82 Å². The second-order valence-electron chi connectivity index (χ2n) is 4.66. The SMILES string of the molecule is Cl.O=C(CC1COCCN1)NCCc1cccc(F)c1. The third-order valence-corrected chi connectivity index (χ3v) is 3.06. The van der Waals surface area contributed by atoms with Crippen LogP contribution in [0.2, 0.25) is 0 Å². The van der Waals surface area contributed by atoms with E-state index >= 15 is 0 Å². The summed E-state index contributed by atoms with van der Waals surface area (Å²) in [6, 6.07) is 6.53. The number of nitrogens with one attached hydrogen (secondary N) is 2. The summed E-state index contributed by atoms with van der Waals surface area (Å²) in [5.74, 6) is -0.244. The van der Waals surface area contributed by atoms with Crippen LogP contribution in [0.5, 0.6) is 0 Å². The Morgan fingerprint density at radius 1 is 1.50 bits per heavy atom. The molecule has 1 atom stereocenters. The summed E-state index contributed by atoms with van der Waals surface area (Å²) in [5.41, 5.74) is 0.888. The molecule has 1 aromatic rings. The van der Waals surface area contributed by atoms with Crippen LogP contribution in [-0.2, 0) is 16.0 Å². The topological polar surface area (TPSA) is 50.4 Å². The molecule has 0 bridgehead atoms. The summed E-state index contributed by atoms with van der Waals surface area (Å²) >= 11 is 0. The lowest BCUT2D eigenvalue weighted by Crippen LogP contribution is -2.44. The molecular weight excluding hydrogens is 283 g/mol. The van der Waals surface area contributed by atoms with Crippen LogP contribution in [0, 0.1) is 5.82 Å². The van der Waals surface area contributed by atoms with Crippen molar-refractivity contribution in [2.24, 2.45) is 0 Å². The quantitative estimate of drug-likeness (QED) is 0.861. The Kier molecular flexibility index (Phi) is 7.51. The third kappa shape index (κ3) is 5.86. The van der Waals surface area contributed by atoms with E-state index in [2.05, 4.69) is 10.6 Å². The number of amides is 1. The first-order valence-corrected chi connectivity index (χ1v) is 6.56. The molecule has 0 spiro atoms. The van der Waals surface area contributed by atoms with Crippen LogP contribution in [0.15, 0.2) is 24.3 Å². The summed E-state index contributed by atoms with van der Waals surface area (Å²) < 4.78 is 18.2. The van der Waals surface area contributed by atoms with E-state index in [1.54, 1.807) is 6.07 Å². The van der Waals surface area contributed by atoms with Crippen molar-refractivity contribution >= 4 is 18.3 Å². The fraction of sp³-hybridized carbons (Fsp3) is 0.500. The molecule has 6 heteroatoms. The molecule has 20 heavy (non-hydrogen) atoms. The van der Waals surface area contributed by atoms with Gasteiger partial charge >= 0.3 is 0 Å². The number of ether oxygens (including phenoxy) is 1. The predicted molar refractivity (Wildman–Crippen MR) is 77.6 cm³/mol. The van der Waals surface area contributed by atoms with Crippen LogP contribution >= 0.6 is 12.4 Å². The zero-order chi connectivity index (χ0) is 13.5. The van der Waals surface area contributed by atoms with Gasteiger partial charge in [0.05, 0.1) is 13.2 Å². The summed E-state index contributed by atoms with van der Waals surface area (Å²) in [4.78, 5) is 11.7. The number of halogens is 2. The van der Waals surface area contributed by atoms with Gasteiger partial charge in [-0.3, -0.25) is 4.79 Å². The predicted octanol–water partition coefficient (Wildman–Crippen LogP) is 1.28. The van der Waals surface area contributed by atoms with Crippen LogP contribution in [0.4, 0.5) is 4.39 Å². The molecule has 4 nitrogen and oxygen atoms in total. The highest BCUT2D eigenvalue weighted by atomic mass is 35.5. The molecule has 1 aliphatic heterocycles. The lowest BCUT2D eigenvalue weighted by Gasteiger charge is -2.23. The molecule has 1 aliphatic rings. The van der Waals surface area contributed by atoms with Gasteiger partial charge in [0.25, 0.3) is 0 Å². The molecule has 0 saturated carbocycles. The van der Waals surface area contributed by atoms with E-state index in [0.717, 1.165) is 12.1 Å². The fourth-order valence-corrected chi connectivity index (χ4v) is 2.09. The Balaban J connectivity index is 0.00000200. The maximum Gasteiger partial charge on any atom is 0.221 e. The largest absolute Gasteiger partial charge is 0.378 e. The van der Waals surface area contributed by atoms with Gasteiger partial charge in [-0.1, -0.05) is 12.1 Å². The van der Waals surface area contributed by atoms with Crippen LogP contribution in [0.3, 0.4) is 0 Å². The first kappa shape index (κ1) is 16.9. The first-order chi connectivity index (χ1) is 9.24. The van der Waals surface area contributed by atoms with E-state index < -0.39 is 0 Å². The zero-order valence-corrected chi connectivity index (χ0v) is 12.0. The van der Waals surface area contributed by atoms with Gasteiger partial charge in [0.2, 0.25) is 5.91 Å². The summed E-state index contributed by atoms with van der Waals surface area (Å²) in [6.45, 7) is 2.60. The van der Waals surface area contributed by atoms with E-state index in [1.807, 2.05) is 6.07 Å². The summed E-state index contributed by atoms with van der Waals surface area (Å²) in [6.07, 6.45) is 1.06. The number of morpholine rings is 1. The van der Waals surface area contributed by atoms with Gasteiger partial charge in [0, 0.05) is 25.6 Å². The highest BCUT2D eigenvalue weighted by Gasteiger charge is 2.16. The van der Waals surface area contributed by atoms with Gasteiger partial charge in [-0.15, -0.1) is 12.4 Å². The summed E-state index contributed by atoms with van der Waals surface area (Å²) in [7, 11) is 0. The maximum absolute atomic E-state index is 13.0. The smallest absolute Gasteiger partial charge is 0.221 e. The van der Waals surface area contributed by atoms with Crippen LogP contribution < -0.4 is 10.6 Å². The monoisotopic (exact) mass is 302 g/mol. The van der Waals surface area contributed by atoms with Crippen molar-refractivity contribution in [3.05, 3.63) is 35.6 Å². The van der Waals surface area contributed by atoms with E-state index in [1.165, 1.54) is 12.1 Å². The highest BCUT2D eigenvalue weighted by molar-refractivity contribution is 5.85. The minimum atomic E-state index is -0.243. The molecule has 0 aromatic heterocycles. The minimum absolute atomic E-state index is 0. The van der Waals surface area contributed by atoms with Gasteiger partial charge < -0.3 is 15.4 Å². The van der Waals surface area contributed by atoms with E-state index in [0.29, 0.717) is 32.6 Å². The number of hydrogen-bond acceptors (Lipinski definition) is 3. The lowest BCUT2D eigenvalue weighted by atomic mass is 10.1. The van der Waals surface area contributed by atoms with Crippen LogP contribution in [-0.4, -0.2) is 38.3 Å². The second kappa shape index (κ2) is 8.89. The highest BCUT2D eigenvalue weighted by Crippen LogP contribution is 2.04. The van der Waals surface area contributed by atoms with Crippen molar-refractivity contribution in [1.29, 1.82) is 0 Å². The fourth-order valence-electron chi connectivity index (χ4n) is 2.09.